The molecular weight excluding hydrogens is 339 g/mol. The van der Waals surface area contributed by atoms with Gasteiger partial charge in [0, 0.05) is 5.69 Å². The molecule has 0 radical (unpaired) electrons. The first kappa shape index (κ1) is 17.1. The minimum absolute atomic E-state index is 0.0600. The minimum Gasteiger partial charge on any atom is -0.465 e. The summed E-state index contributed by atoms with van der Waals surface area (Å²) in [5, 5.41) is 6.21. The Morgan fingerprint density at radius 1 is 1.04 bits per heavy atom. The summed E-state index contributed by atoms with van der Waals surface area (Å²) in [6.07, 6.45) is 0. The first-order valence-corrected chi connectivity index (χ1v) is 7.43. The summed E-state index contributed by atoms with van der Waals surface area (Å²) in [5.74, 6) is -0.831. The highest BCUT2D eigenvalue weighted by Crippen LogP contribution is 2.29. The van der Waals surface area contributed by atoms with Crippen LogP contribution in [0.25, 0.3) is 0 Å². The molecule has 2 aromatic rings. The van der Waals surface area contributed by atoms with Gasteiger partial charge >= 0.3 is 5.97 Å². The van der Waals surface area contributed by atoms with Gasteiger partial charge in [0.15, 0.2) is 0 Å². The third kappa shape index (κ3) is 4.37. The molecule has 2 rings (SSSR count). The Labute approximate surface area is 143 Å². The van der Waals surface area contributed by atoms with Gasteiger partial charge in [0.25, 0.3) is 0 Å². The van der Waals surface area contributed by atoms with Crippen LogP contribution in [0.4, 0.5) is 11.4 Å². The number of benzene rings is 2. The Hall–Kier alpha value is -2.24. The maximum atomic E-state index is 12.0. The van der Waals surface area contributed by atoms with Gasteiger partial charge in [0.05, 0.1) is 35.0 Å². The van der Waals surface area contributed by atoms with Gasteiger partial charge in [-0.15, -0.1) is 0 Å². The van der Waals surface area contributed by atoms with Gasteiger partial charge in [-0.05, 0) is 24.3 Å². The maximum absolute atomic E-state index is 12.0. The molecule has 23 heavy (non-hydrogen) atoms. The topological polar surface area (TPSA) is 67.4 Å². The standard InChI is InChI=1S/C16H14Cl2N2O3/c1-23-16(22)10-5-2-3-8-13(10)19-9-14(21)20-15-11(17)6-4-7-12(15)18/h2-8,19H,9H2,1H3,(H,20,21). The number of anilines is 2. The average molecular weight is 353 g/mol. The van der Waals surface area contributed by atoms with Crippen molar-refractivity contribution in [3.63, 3.8) is 0 Å². The summed E-state index contributed by atoms with van der Waals surface area (Å²) in [6, 6.07) is 11.7. The Kier molecular flexibility index (Phi) is 5.84. The van der Waals surface area contributed by atoms with E-state index in [1.54, 1.807) is 42.5 Å². The summed E-state index contributed by atoms with van der Waals surface area (Å²) < 4.78 is 4.70. The van der Waals surface area contributed by atoms with Crippen LogP contribution in [-0.4, -0.2) is 25.5 Å². The van der Waals surface area contributed by atoms with Crippen molar-refractivity contribution in [3.8, 4) is 0 Å². The van der Waals surface area contributed by atoms with E-state index in [9.17, 15) is 9.59 Å². The molecule has 0 unspecified atom stereocenters. The number of nitrogens with one attached hydrogen (secondary N) is 2. The van der Waals surface area contributed by atoms with Gasteiger partial charge in [-0.1, -0.05) is 41.4 Å². The molecule has 2 aromatic carbocycles. The highest BCUT2D eigenvalue weighted by atomic mass is 35.5. The SMILES string of the molecule is COC(=O)c1ccccc1NCC(=O)Nc1c(Cl)cccc1Cl. The third-order valence-corrected chi connectivity index (χ3v) is 3.63. The fraction of sp³-hybridized carbons (Fsp3) is 0.125. The maximum Gasteiger partial charge on any atom is 0.339 e. The molecule has 0 saturated heterocycles. The van der Waals surface area contributed by atoms with E-state index in [1.807, 2.05) is 0 Å². The Bertz CT molecular complexity index is 715. The molecule has 0 aliphatic heterocycles. The van der Waals surface area contributed by atoms with Crippen LogP contribution in [0.2, 0.25) is 10.0 Å². The summed E-state index contributed by atoms with van der Waals surface area (Å²) >= 11 is 12.0. The molecule has 2 N–H and O–H groups in total. The van der Waals surface area contributed by atoms with Crippen LogP contribution in [0.1, 0.15) is 10.4 Å². The number of para-hydroxylation sites is 2. The van der Waals surface area contributed by atoms with Gasteiger partial charge < -0.3 is 15.4 Å². The molecule has 0 aromatic heterocycles. The normalized spacial score (nSPS) is 10.0. The van der Waals surface area contributed by atoms with Gasteiger partial charge in [-0.2, -0.15) is 0 Å². The first-order chi connectivity index (χ1) is 11.0. The average Bonchev–Trinajstić information content (AvgIpc) is 2.56. The molecule has 7 heteroatoms. The number of methoxy groups -OCH3 is 1. The molecule has 0 atom stereocenters. The minimum atomic E-state index is -0.484. The number of ether oxygens (including phenoxy) is 1. The van der Waals surface area contributed by atoms with E-state index in [4.69, 9.17) is 27.9 Å². The Morgan fingerprint density at radius 3 is 2.35 bits per heavy atom. The number of esters is 1. The molecule has 0 heterocycles. The van der Waals surface area contributed by atoms with Crippen molar-refractivity contribution < 1.29 is 14.3 Å². The second-order valence-corrected chi connectivity index (χ2v) is 5.35. The van der Waals surface area contributed by atoms with E-state index in [0.29, 0.717) is 27.0 Å². The van der Waals surface area contributed by atoms with Crippen molar-refractivity contribution in [1.82, 2.24) is 0 Å². The zero-order valence-corrected chi connectivity index (χ0v) is 13.7. The number of hydrogen-bond acceptors (Lipinski definition) is 4. The van der Waals surface area contributed by atoms with Gasteiger partial charge in [-0.25, -0.2) is 4.79 Å². The van der Waals surface area contributed by atoms with E-state index in [2.05, 4.69) is 10.6 Å². The largest absolute Gasteiger partial charge is 0.465 e. The number of carbonyl (C=O) groups is 2. The zero-order valence-electron chi connectivity index (χ0n) is 12.2. The predicted octanol–water partition coefficient (Wildman–Crippen LogP) is 3.83. The fourth-order valence-corrected chi connectivity index (χ4v) is 2.39. The summed E-state index contributed by atoms with van der Waals surface area (Å²) in [4.78, 5) is 23.7. The monoisotopic (exact) mass is 352 g/mol. The van der Waals surface area contributed by atoms with E-state index in [0.717, 1.165) is 0 Å². The summed E-state index contributed by atoms with van der Waals surface area (Å²) in [7, 11) is 1.30. The molecule has 0 aliphatic rings. The molecule has 0 bridgehead atoms. The number of hydrogen-bond donors (Lipinski definition) is 2. The molecular formula is C16H14Cl2N2O3. The van der Waals surface area contributed by atoms with E-state index in [1.165, 1.54) is 7.11 Å². The van der Waals surface area contributed by atoms with Crippen LogP contribution in [0.3, 0.4) is 0 Å². The highest BCUT2D eigenvalue weighted by Gasteiger charge is 2.13. The molecule has 5 nitrogen and oxygen atoms in total. The number of carbonyl (C=O) groups excluding carboxylic acids is 2. The summed E-state index contributed by atoms with van der Waals surface area (Å²) in [5.41, 5.74) is 1.20. The lowest BCUT2D eigenvalue weighted by Gasteiger charge is -2.12. The summed E-state index contributed by atoms with van der Waals surface area (Å²) in [6.45, 7) is -0.0600. The third-order valence-electron chi connectivity index (χ3n) is 3.00. The number of amides is 1. The number of halogens is 2. The van der Waals surface area contributed by atoms with Crippen LogP contribution >= 0.6 is 23.2 Å². The lowest BCUT2D eigenvalue weighted by molar-refractivity contribution is -0.114. The molecule has 0 saturated carbocycles. The zero-order chi connectivity index (χ0) is 16.8. The van der Waals surface area contributed by atoms with Crippen LogP contribution in [0.15, 0.2) is 42.5 Å². The van der Waals surface area contributed by atoms with Crippen molar-refractivity contribution in [2.75, 3.05) is 24.3 Å². The molecule has 0 aliphatic carbocycles. The Balaban J connectivity index is 2.04. The van der Waals surface area contributed by atoms with Crippen molar-refractivity contribution in [3.05, 3.63) is 58.1 Å². The van der Waals surface area contributed by atoms with E-state index >= 15 is 0 Å². The van der Waals surface area contributed by atoms with Crippen molar-refractivity contribution >= 4 is 46.5 Å². The van der Waals surface area contributed by atoms with E-state index in [-0.39, 0.29) is 12.5 Å². The van der Waals surface area contributed by atoms with Crippen LogP contribution in [0, 0.1) is 0 Å². The molecule has 0 spiro atoms. The van der Waals surface area contributed by atoms with Crippen LogP contribution < -0.4 is 10.6 Å². The van der Waals surface area contributed by atoms with Crippen LogP contribution in [-0.2, 0) is 9.53 Å². The smallest absolute Gasteiger partial charge is 0.339 e. The van der Waals surface area contributed by atoms with Crippen molar-refractivity contribution in [1.29, 1.82) is 0 Å². The van der Waals surface area contributed by atoms with Gasteiger partial charge in [0.1, 0.15) is 0 Å². The van der Waals surface area contributed by atoms with Gasteiger partial charge in [-0.3, -0.25) is 4.79 Å². The second kappa shape index (κ2) is 7.85. The van der Waals surface area contributed by atoms with Gasteiger partial charge in [0.2, 0.25) is 5.91 Å². The van der Waals surface area contributed by atoms with Crippen LogP contribution in [0.5, 0.6) is 0 Å². The molecule has 120 valence electrons. The number of rotatable bonds is 5. The van der Waals surface area contributed by atoms with E-state index < -0.39 is 5.97 Å². The second-order valence-electron chi connectivity index (χ2n) is 4.54. The Morgan fingerprint density at radius 2 is 1.70 bits per heavy atom. The van der Waals surface area contributed by atoms with Crippen molar-refractivity contribution in [2.45, 2.75) is 0 Å². The quantitative estimate of drug-likeness (QED) is 0.802. The fourth-order valence-electron chi connectivity index (χ4n) is 1.90. The molecule has 1 amide bonds. The highest BCUT2D eigenvalue weighted by molar-refractivity contribution is 6.39. The van der Waals surface area contributed by atoms with Crippen molar-refractivity contribution in [2.24, 2.45) is 0 Å². The predicted molar refractivity (Wildman–Crippen MR) is 91.4 cm³/mol. The first-order valence-electron chi connectivity index (χ1n) is 6.68. The molecule has 0 fully saturated rings. The lowest BCUT2D eigenvalue weighted by Crippen LogP contribution is -2.23. The lowest BCUT2D eigenvalue weighted by atomic mass is 10.2.